The van der Waals surface area contributed by atoms with E-state index in [0.717, 1.165) is 6.07 Å². The molecule has 3 atom stereocenters. The fourth-order valence-electron chi connectivity index (χ4n) is 5.00. The predicted octanol–water partition coefficient (Wildman–Crippen LogP) is 1.55. The van der Waals surface area contributed by atoms with Crippen LogP contribution in [-0.4, -0.2) is 72.5 Å². The second kappa shape index (κ2) is 10.2. The molecule has 1 aromatic rings. The summed E-state index contributed by atoms with van der Waals surface area (Å²) >= 11 is 0. The Morgan fingerprint density at radius 3 is 2.54 bits per heavy atom. The Bertz CT molecular complexity index is 1140. The van der Waals surface area contributed by atoms with E-state index in [1.165, 1.54) is 25.6 Å². The first kappa shape index (κ1) is 25.5. The minimum absolute atomic E-state index is 0.0204. The van der Waals surface area contributed by atoms with E-state index < -0.39 is 45.8 Å². The quantitative estimate of drug-likeness (QED) is 0.625. The van der Waals surface area contributed by atoms with Gasteiger partial charge in [0.1, 0.15) is 6.04 Å². The van der Waals surface area contributed by atoms with E-state index in [1.807, 2.05) is 0 Å². The van der Waals surface area contributed by atoms with Crippen LogP contribution in [0.25, 0.3) is 0 Å². The Balaban J connectivity index is 1.40. The van der Waals surface area contributed by atoms with Crippen molar-refractivity contribution in [3.8, 4) is 6.07 Å². The number of halogens is 2. The van der Waals surface area contributed by atoms with E-state index in [0.29, 0.717) is 38.8 Å². The lowest BCUT2D eigenvalue weighted by Crippen LogP contribution is -2.57. The number of carbonyl (C=O) groups is 2. The van der Waals surface area contributed by atoms with E-state index in [1.54, 1.807) is 6.92 Å². The monoisotopic (exact) mass is 509 g/mol. The van der Waals surface area contributed by atoms with Gasteiger partial charge in [0.15, 0.2) is 11.6 Å². The second-order valence-electron chi connectivity index (χ2n) is 9.41. The van der Waals surface area contributed by atoms with Crippen molar-refractivity contribution in [2.75, 3.05) is 32.7 Å². The highest BCUT2D eigenvalue weighted by atomic mass is 32.2. The van der Waals surface area contributed by atoms with Gasteiger partial charge in [-0.15, -0.1) is 0 Å². The molecular formula is C23H29F2N5O4S. The summed E-state index contributed by atoms with van der Waals surface area (Å²) in [6.45, 7) is 2.58. The number of nitriles is 1. The van der Waals surface area contributed by atoms with Crippen molar-refractivity contribution < 1.29 is 26.8 Å². The number of nitrogens with zero attached hydrogens (tertiary/aromatic N) is 4. The third-order valence-electron chi connectivity index (χ3n) is 7.06. The lowest BCUT2D eigenvalue weighted by molar-refractivity contribution is -0.142. The summed E-state index contributed by atoms with van der Waals surface area (Å²) in [4.78, 5) is 27.8. The highest BCUT2D eigenvalue weighted by Gasteiger charge is 2.44. The predicted molar refractivity (Wildman–Crippen MR) is 122 cm³/mol. The molecule has 0 aromatic heterocycles. The van der Waals surface area contributed by atoms with Gasteiger partial charge >= 0.3 is 0 Å². The van der Waals surface area contributed by atoms with Gasteiger partial charge in [-0.05, 0) is 38.7 Å². The summed E-state index contributed by atoms with van der Waals surface area (Å²) in [6, 6.07) is 4.28. The van der Waals surface area contributed by atoms with Gasteiger partial charge in [0, 0.05) is 38.3 Å². The molecule has 0 spiro atoms. The zero-order chi connectivity index (χ0) is 25.3. The van der Waals surface area contributed by atoms with Gasteiger partial charge in [0.2, 0.25) is 11.8 Å². The van der Waals surface area contributed by atoms with E-state index in [2.05, 4.69) is 11.4 Å². The van der Waals surface area contributed by atoms with Crippen LogP contribution in [0, 0.1) is 34.8 Å². The lowest BCUT2D eigenvalue weighted by atomic mass is 9.97. The maximum atomic E-state index is 14.1. The smallest absolute Gasteiger partial charge is 0.282 e. The number of likely N-dealkylation sites (tertiary alicyclic amines) is 1. The van der Waals surface area contributed by atoms with E-state index in [9.17, 15) is 26.8 Å². The van der Waals surface area contributed by atoms with Gasteiger partial charge in [-0.1, -0.05) is 12.1 Å². The molecule has 2 unspecified atom stereocenters. The summed E-state index contributed by atoms with van der Waals surface area (Å²) in [6.07, 6.45) is 2.09. The number of carbonyl (C=O) groups excluding carboxylic acids is 2. The SMILES string of the molecule is CC(NC(=O)[C@H]1CCCN1C(=O)C1CCCN(S(=O)(=O)N2CC(C#N)C2)C1)c1cccc(F)c1F. The Labute approximate surface area is 203 Å². The zero-order valence-electron chi connectivity index (χ0n) is 19.5. The van der Waals surface area contributed by atoms with Crippen molar-refractivity contribution in [1.82, 2.24) is 18.8 Å². The minimum Gasteiger partial charge on any atom is -0.348 e. The molecule has 0 saturated carbocycles. The van der Waals surface area contributed by atoms with Gasteiger partial charge in [-0.3, -0.25) is 9.59 Å². The molecule has 4 rings (SSSR count). The van der Waals surface area contributed by atoms with Crippen LogP contribution in [0.2, 0.25) is 0 Å². The summed E-state index contributed by atoms with van der Waals surface area (Å²) in [5, 5.41) is 11.6. The number of benzene rings is 1. The number of hydrogen-bond acceptors (Lipinski definition) is 5. The highest BCUT2D eigenvalue weighted by Crippen LogP contribution is 2.29. The molecule has 12 heteroatoms. The number of amides is 2. The van der Waals surface area contributed by atoms with Crippen LogP contribution >= 0.6 is 0 Å². The molecule has 190 valence electrons. The number of rotatable bonds is 6. The molecule has 35 heavy (non-hydrogen) atoms. The second-order valence-corrected chi connectivity index (χ2v) is 11.3. The van der Waals surface area contributed by atoms with Gasteiger partial charge < -0.3 is 10.2 Å². The summed E-state index contributed by atoms with van der Waals surface area (Å²) < 4.78 is 56.0. The topological polar surface area (TPSA) is 114 Å². The zero-order valence-corrected chi connectivity index (χ0v) is 20.3. The standard InChI is InChI=1S/C23H29F2N5O4S/c1-15(18-6-2-7-19(24)21(18)25)27-22(31)20-8-4-10-30(20)23(32)17-5-3-9-28(14-17)35(33,34)29-12-16(11-26)13-29/h2,6-7,15-17,20H,3-5,8-10,12-14H2,1H3,(H,27,31)/t15?,17?,20-/m1/s1. The first-order chi connectivity index (χ1) is 16.6. The van der Waals surface area contributed by atoms with E-state index >= 15 is 0 Å². The van der Waals surface area contributed by atoms with Crippen LogP contribution in [0.1, 0.15) is 44.2 Å². The normalized spacial score (nSPS) is 25.0. The Morgan fingerprint density at radius 1 is 1.11 bits per heavy atom. The van der Waals surface area contributed by atoms with E-state index in [-0.39, 0.29) is 37.0 Å². The molecule has 0 aliphatic carbocycles. The molecule has 3 aliphatic rings. The molecule has 1 aromatic carbocycles. The van der Waals surface area contributed by atoms with Crippen molar-refractivity contribution in [1.29, 1.82) is 5.26 Å². The first-order valence-corrected chi connectivity index (χ1v) is 13.2. The molecule has 3 saturated heterocycles. The van der Waals surface area contributed by atoms with Crippen molar-refractivity contribution in [3.63, 3.8) is 0 Å². The van der Waals surface area contributed by atoms with Crippen molar-refractivity contribution >= 4 is 22.0 Å². The van der Waals surface area contributed by atoms with Crippen molar-refractivity contribution in [2.45, 2.75) is 44.7 Å². The molecule has 3 aliphatic heterocycles. The van der Waals surface area contributed by atoms with Crippen molar-refractivity contribution in [2.24, 2.45) is 11.8 Å². The summed E-state index contributed by atoms with van der Waals surface area (Å²) in [7, 11) is -3.74. The average molecular weight is 510 g/mol. The Hall–Kier alpha value is -2.62. The Morgan fingerprint density at radius 2 is 1.83 bits per heavy atom. The maximum absolute atomic E-state index is 14.1. The number of nitrogens with one attached hydrogen (secondary N) is 1. The summed E-state index contributed by atoms with van der Waals surface area (Å²) in [5.74, 6) is -3.62. The van der Waals surface area contributed by atoms with Crippen LogP contribution in [-0.2, 0) is 19.8 Å². The number of hydrogen-bond donors (Lipinski definition) is 1. The molecule has 0 bridgehead atoms. The largest absolute Gasteiger partial charge is 0.348 e. The molecule has 2 amide bonds. The van der Waals surface area contributed by atoms with E-state index in [4.69, 9.17) is 5.26 Å². The third-order valence-corrected chi connectivity index (χ3v) is 9.00. The Kier molecular flexibility index (Phi) is 7.40. The lowest BCUT2D eigenvalue weighted by Gasteiger charge is -2.41. The van der Waals surface area contributed by atoms with Gasteiger partial charge in [0.05, 0.1) is 23.9 Å². The number of piperidine rings is 1. The molecule has 0 radical (unpaired) electrons. The molecule has 3 heterocycles. The van der Waals surface area contributed by atoms with Crippen molar-refractivity contribution in [3.05, 3.63) is 35.4 Å². The fraction of sp³-hybridized carbons (Fsp3) is 0.609. The van der Waals surface area contributed by atoms with Gasteiger partial charge in [0.25, 0.3) is 10.2 Å². The van der Waals surface area contributed by atoms with Gasteiger partial charge in [-0.25, -0.2) is 8.78 Å². The fourth-order valence-corrected chi connectivity index (χ4v) is 6.80. The van der Waals surface area contributed by atoms with Crippen LogP contribution in [0.3, 0.4) is 0 Å². The van der Waals surface area contributed by atoms with Crippen LogP contribution in [0.15, 0.2) is 18.2 Å². The molecule has 3 fully saturated rings. The van der Waals surface area contributed by atoms with Crippen LogP contribution < -0.4 is 5.32 Å². The summed E-state index contributed by atoms with van der Waals surface area (Å²) in [5.41, 5.74) is 0.0204. The molecule has 1 N–H and O–H groups in total. The molecule has 9 nitrogen and oxygen atoms in total. The minimum atomic E-state index is -3.74. The average Bonchev–Trinajstić information content (AvgIpc) is 3.29. The highest BCUT2D eigenvalue weighted by molar-refractivity contribution is 7.86. The van der Waals surface area contributed by atoms with Crippen LogP contribution in [0.4, 0.5) is 8.78 Å². The maximum Gasteiger partial charge on any atom is 0.282 e. The first-order valence-electron chi connectivity index (χ1n) is 11.8. The van der Waals surface area contributed by atoms with Gasteiger partial charge in [-0.2, -0.15) is 22.3 Å². The van der Waals surface area contributed by atoms with Crippen LogP contribution in [0.5, 0.6) is 0 Å². The third kappa shape index (κ3) is 5.03. The molecular weight excluding hydrogens is 480 g/mol.